The third-order valence-electron chi connectivity index (χ3n) is 5.16. The first-order chi connectivity index (χ1) is 15.5. The Kier molecular flexibility index (Phi) is 5.83. The summed E-state index contributed by atoms with van der Waals surface area (Å²) >= 11 is 0. The van der Waals surface area contributed by atoms with Gasteiger partial charge in [0.1, 0.15) is 23.0 Å². The van der Waals surface area contributed by atoms with Crippen LogP contribution in [-0.2, 0) is 9.47 Å². The number of hydrogen-bond acceptors (Lipinski definition) is 9. The van der Waals surface area contributed by atoms with Crippen molar-refractivity contribution < 1.29 is 19.2 Å². The predicted molar refractivity (Wildman–Crippen MR) is 117 cm³/mol. The molecule has 0 amide bonds. The fourth-order valence-electron chi connectivity index (χ4n) is 3.66. The average molecular weight is 433 g/mol. The molecule has 1 aliphatic heterocycles. The number of rotatable bonds is 5. The zero-order chi connectivity index (χ0) is 22.7. The smallest absolute Gasteiger partial charge is 0.345 e. The Morgan fingerprint density at radius 2 is 2.00 bits per heavy atom. The van der Waals surface area contributed by atoms with Gasteiger partial charge in [-0.3, -0.25) is 10.1 Å². The van der Waals surface area contributed by atoms with Crippen LogP contribution in [0, 0.1) is 21.4 Å². The van der Waals surface area contributed by atoms with E-state index in [9.17, 15) is 20.2 Å². The molecule has 2 aromatic carbocycles. The van der Waals surface area contributed by atoms with Crippen LogP contribution in [0.15, 0.2) is 42.5 Å². The predicted octanol–water partition coefficient (Wildman–Crippen LogP) is 3.38. The molecule has 0 unspecified atom stereocenters. The monoisotopic (exact) mass is 433 g/mol. The van der Waals surface area contributed by atoms with Crippen LogP contribution < -0.4 is 10.2 Å². The van der Waals surface area contributed by atoms with E-state index in [2.05, 4.69) is 10.3 Å². The van der Waals surface area contributed by atoms with Gasteiger partial charge >= 0.3 is 11.7 Å². The minimum absolute atomic E-state index is 0.111. The van der Waals surface area contributed by atoms with Gasteiger partial charge in [0.05, 0.1) is 36.5 Å². The second kappa shape index (κ2) is 8.87. The van der Waals surface area contributed by atoms with Crippen molar-refractivity contribution in [2.45, 2.75) is 0 Å². The number of para-hydroxylation sites is 1. The third kappa shape index (κ3) is 4.01. The molecule has 1 saturated heterocycles. The fourth-order valence-corrected chi connectivity index (χ4v) is 3.66. The number of pyridine rings is 1. The summed E-state index contributed by atoms with van der Waals surface area (Å²) in [5.74, 6) is -0.813. The van der Waals surface area contributed by atoms with Gasteiger partial charge in [-0.25, -0.2) is 9.78 Å². The number of nitriles is 1. The van der Waals surface area contributed by atoms with Crippen molar-refractivity contribution in [2.24, 2.45) is 0 Å². The number of hydrogen-bond donors (Lipinski definition) is 1. The Morgan fingerprint density at radius 1 is 1.25 bits per heavy atom. The Morgan fingerprint density at radius 3 is 2.69 bits per heavy atom. The van der Waals surface area contributed by atoms with Crippen molar-refractivity contribution >= 4 is 39.6 Å². The van der Waals surface area contributed by atoms with E-state index in [1.54, 1.807) is 30.3 Å². The number of nitrogens with one attached hydrogen (secondary N) is 1. The second-order valence-corrected chi connectivity index (χ2v) is 7.05. The Labute approximate surface area is 183 Å². The van der Waals surface area contributed by atoms with Crippen LogP contribution in [0.25, 0.3) is 10.9 Å². The molecular weight excluding hydrogens is 414 g/mol. The molecule has 1 N–H and O–H groups in total. The highest BCUT2D eigenvalue weighted by atomic mass is 16.6. The number of anilines is 3. The lowest BCUT2D eigenvalue weighted by Crippen LogP contribution is -2.36. The molecule has 32 heavy (non-hydrogen) atoms. The zero-order valence-electron chi connectivity index (χ0n) is 17.2. The summed E-state index contributed by atoms with van der Waals surface area (Å²) in [5.41, 5.74) is 1.35. The molecule has 1 aliphatic rings. The van der Waals surface area contributed by atoms with Crippen molar-refractivity contribution in [3.8, 4) is 6.07 Å². The molecule has 162 valence electrons. The minimum Gasteiger partial charge on any atom is -0.465 e. The van der Waals surface area contributed by atoms with Gasteiger partial charge in [-0.05, 0) is 24.3 Å². The van der Waals surface area contributed by atoms with Crippen LogP contribution in [0.4, 0.5) is 22.7 Å². The first-order valence-electron chi connectivity index (χ1n) is 9.82. The summed E-state index contributed by atoms with van der Waals surface area (Å²) < 4.78 is 10.2. The quantitative estimate of drug-likeness (QED) is 0.365. The van der Waals surface area contributed by atoms with Gasteiger partial charge in [-0.2, -0.15) is 5.26 Å². The van der Waals surface area contributed by atoms with E-state index in [0.29, 0.717) is 48.6 Å². The minimum atomic E-state index is -0.813. The molecular formula is C22H19N5O5. The molecule has 0 aliphatic carbocycles. The number of morpholine rings is 1. The molecule has 0 atom stereocenters. The number of nitro groups is 1. The highest BCUT2D eigenvalue weighted by Gasteiger charge is 2.29. The van der Waals surface area contributed by atoms with E-state index >= 15 is 0 Å². The summed E-state index contributed by atoms with van der Waals surface area (Å²) in [4.78, 5) is 30.1. The Hall–Kier alpha value is -4.23. The molecule has 0 radical (unpaired) electrons. The molecule has 0 spiro atoms. The number of carbonyl (C=O) groups is 1. The number of methoxy groups -OCH3 is 1. The molecule has 0 saturated carbocycles. The molecule has 2 heterocycles. The molecule has 4 rings (SSSR count). The number of nitro benzene ring substituents is 1. The van der Waals surface area contributed by atoms with Crippen molar-refractivity contribution in [2.75, 3.05) is 43.6 Å². The second-order valence-electron chi connectivity index (χ2n) is 7.05. The largest absolute Gasteiger partial charge is 0.465 e. The first kappa shape index (κ1) is 21.0. The lowest BCUT2D eigenvalue weighted by atomic mass is 10.1. The summed E-state index contributed by atoms with van der Waals surface area (Å²) in [7, 11) is 1.18. The van der Waals surface area contributed by atoms with Gasteiger partial charge in [0.25, 0.3) is 0 Å². The lowest BCUT2D eigenvalue weighted by molar-refractivity contribution is -0.384. The van der Waals surface area contributed by atoms with E-state index in [-0.39, 0.29) is 16.9 Å². The van der Waals surface area contributed by atoms with E-state index in [0.717, 1.165) is 0 Å². The molecule has 10 heteroatoms. The number of aromatic nitrogens is 1. The van der Waals surface area contributed by atoms with E-state index in [4.69, 9.17) is 9.47 Å². The van der Waals surface area contributed by atoms with Crippen LogP contribution in [0.2, 0.25) is 0 Å². The van der Waals surface area contributed by atoms with Crippen LogP contribution >= 0.6 is 0 Å². The molecule has 10 nitrogen and oxygen atoms in total. The average Bonchev–Trinajstić information content (AvgIpc) is 2.83. The number of carbonyl (C=O) groups excluding carboxylic acids is 1. The van der Waals surface area contributed by atoms with Crippen molar-refractivity contribution in [1.82, 2.24) is 4.98 Å². The zero-order valence-corrected chi connectivity index (χ0v) is 17.2. The summed E-state index contributed by atoms with van der Waals surface area (Å²) in [6.07, 6.45) is 0. The number of esters is 1. The van der Waals surface area contributed by atoms with Crippen molar-refractivity contribution in [3.63, 3.8) is 0 Å². The van der Waals surface area contributed by atoms with Gasteiger partial charge in [0.15, 0.2) is 0 Å². The first-order valence-corrected chi connectivity index (χ1v) is 9.82. The normalized spacial score (nSPS) is 13.4. The lowest BCUT2D eigenvalue weighted by Gasteiger charge is -2.29. The van der Waals surface area contributed by atoms with Crippen molar-refractivity contribution in [3.05, 3.63) is 63.8 Å². The summed E-state index contributed by atoms with van der Waals surface area (Å²) in [6, 6.07) is 13.7. The Balaban J connectivity index is 1.91. The van der Waals surface area contributed by atoms with Gasteiger partial charge in [0, 0.05) is 24.2 Å². The van der Waals surface area contributed by atoms with Crippen LogP contribution in [0.5, 0.6) is 0 Å². The van der Waals surface area contributed by atoms with E-state index in [1.165, 1.54) is 19.2 Å². The maximum Gasteiger partial charge on any atom is 0.345 e. The van der Waals surface area contributed by atoms with E-state index < -0.39 is 16.6 Å². The van der Waals surface area contributed by atoms with Crippen LogP contribution in [0.1, 0.15) is 16.1 Å². The molecule has 1 aromatic heterocycles. The van der Waals surface area contributed by atoms with Gasteiger partial charge < -0.3 is 19.7 Å². The van der Waals surface area contributed by atoms with Gasteiger partial charge in [-0.15, -0.1) is 0 Å². The van der Waals surface area contributed by atoms with Gasteiger partial charge in [-0.1, -0.05) is 18.2 Å². The molecule has 1 fully saturated rings. The molecule has 3 aromatic rings. The number of fused-ring (bicyclic) bond motifs is 1. The van der Waals surface area contributed by atoms with Crippen LogP contribution in [-0.4, -0.2) is 49.3 Å². The number of ether oxygens (including phenoxy) is 2. The van der Waals surface area contributed by atoms with Gasteiger partial charge in [0.2, 0.25) is 0 Å². The third-order valence-corrected chi connectivity index (χ3v) is 5.16. The van der Waals surface area contributed by atoms with Crippen LogP contribution in [0.3, 0.4) is 0 Å². The Bertz CT molecular complexity index is 1250. The standard InChI is InChI=1S/C22H19N5O5/c1-31-22(28)17-11-15(26-6-8-32-9-7-26)12-20(21(17)27(29)30)25-19-10-14(13-23)24-18-5-3-2-4-16(18)19/h2-5,10-12H,6-9H2,1H3,(H,24,25). The van der Waals surface area contributed by atoms with Crippen molar-refractivity contribution in [1.29, 1.82) is 5.26 Å². The SMILES string of the molecule is COC(=O)c1cc(N2CCOCC2)cc(Nc2cc(C#N)nc3ccccc23)c1[N+](=O)[O-]. The summed E-state index contributed by atoms with van der Waals surface area (Å²) in [6.45, 7) is 2.17. The summed E-state index contributed by atoms with van der Waals surface area (Å²) in [5, 5.41) is 25.1. The highest BCUT2D eigenvalue weighted by Crippen LogP contribution is 2.38. The number of nitrogens with zero attached hydrogens (tertiary/aromatic N) is 4. The maximum atomic E-state index is 12.4. The van der Waals surface area contributed by atoms with E-state index in [1.807, 2.05) is 11.0 Å². The highest BCUT2D eigenvalue weighted by molar-refractivity contribution is 6.01. The fraction of sp³-hybridized carbons (Fsp3) is 0.227. The number of benzene rings is 2. The maximum absolute atomic E-state index is 12.4. The molecule has 0 bridgehead atoms. The topological polar surface area (TPSA) is 131 Å².